The van der Waals surface area contributed by atoms with Gasteiger partial charge >= 0.3 is 0 Å². The molecule has 1 N–H and O–H groups in total. The highest BCUT2D eigenvalue weighted by atomic mass is 16.5. The highest BCUT2D eigenvalue weighted by molar-refractivity contribution is 5.54. The maximum Gasteiger partial charge on any atom is 0.127 e. The van der Waals surface area contributed by atoms with E-state index in [-0.39, 0.29) is 24.4 Å². The summed E-state index contributed by atoms with van der Waals surface area (Å²) in [6.07, 6.45) is 0.170. The second-order valence-corrected chi connectivity index (χ2v) is 9.80. The van der Waals surface area contributed by atoms with Crippen LogP contribution in [0.2, 0.25) is 0 Å². The Balaban J connectivity index is 1.91. The molecule has 0 spiro atoms. The summed E-state index contributed by atoms with van der Waals surface area (Å²) in [7, 11) is 0. The summed E-state index contributed by atoms with van der Waals surface area (Å²) in [5, 5.41) is 10.4. The summed E-state index contributed by atoms with van der Waals surface area (Å²) < 4.78 is 6.50. The molecular formula is C34H38O2. The summed E-state index contributed by atoms with van der Waals surface area (Å²) in [4.78, 5) is 0. The molecular weight excluding hydrogens is 440 g/mol. The van der Waals surface area contributed by atoms with Crippen molar-refractivity contribution in [1.82, 2.24) is 0 Å². The fourth-order valence-electron chi connectivity index (χ4n) is 4.83. The molecule has 2 heteroatoms. The van der Waals surface area contributed by atoms with E-state index in [1.54, 1.807) is 0 Å². The van der Waals surface area contributed by atoms with Crippen molar-refractivity contribution in [2.24, 2.45) is 0 Å². The monoisotopic (exact) mass is 478 g/mol. The lowest BCUT2D eigenvalue weighted by atomic mass is 9.81. The van der Waals surface area contributed by atoms with Crippen molar-refractivity contribution in [2.45, 2.75) is 58.0 Å². The molecule has 4 atom stereocenters. The zero-order valence-corrected chi connectivity index (χ0v) is 21.9. The first-order valence-electron chi connectivity index (χ1n) is 13.1. The SMILES string of the molecule is CCC(O)COc1c(C(C)c2ccccc2)cc(C(C)c2ccccc2)cc1C(C)c1ccccc1. The fraction of sp³-hybridized carbons (Fsp3) is 0.294. The van der Waals surface area contributed by atoms with Crippen LogP contribution in [0.4, 0.5) is 0 Å². The number of rotatable bonds is 10. The Morgan fingerprint density at radius 3 is 1.36 bits per heavy atom. The molecule has 0 saturated heterocycles. The van der Waals surface area contributed by atoms with Gasteiger partial charge in [0.1, 0.15) is 12.4 Å². The molecule has 0 heterocycles. The Kier molecular flexibility index (Phi) is 8.61. The van der Waals surface area contributed by atoms with E-state index in [0.29, 0.717) is 6.42 Å². The number of aliphatic hydroxyl groups is 1. The third-order valence-corrected chi connectivity index (χ3v) is 7.39. The first-order valence-corrected chi connectivity index (χ1v) is 13.1. The second kappa shape index (κ2) is 12.1. The van der Waals surface area contributed by atoms with Gasteiger partial charge in [0.15, 0.2) is 0 Å². The van der Waals surface area contributed by atoms with Gasteiger partial charge in [-0.05, 0) is 28.7 Å². The summed E-state index contributed by atoms with van der Waals surface area (Å²) in [5.74, 6) is 1.43. The van der Waals surface area contributed by atoms with Crippen LogP contribution in [0.15, 0.2) is 103 Å². The number of hydrogen-bond donors (Lipinski definition) is 1. The zero-order valence-electron chi connectivity index (χ0n) is 21.9. The topological polar surface area (TPSA) is 29.5 Å². The van der Waals surface area contributed by atoms with Gasteiger partial charge < -0.3 is 9.84 Å². The minimum Gasteiger partial charge on any atom is -0.490 e. The first-order chi connectivity index (χ1) is 17.5. The number of hydrogen-bond acceptors (Lipinski definition) is 2. The Labute approximate surface area is 216 Å². The molecule has 0 fully saturated rings. The van der Waals surface area contributed by atoms with Crippen LogP contribution in [0.3, 0.4) is 0 Å². The van der Waals surface area contributed by atoms with Crippen molar-refractivity contribution in [2.75, 3.05) is 6.61 Å². The van der Waals surface area contributed by atoms with Crippen molar-refractivity contribution in [1.29, 1.82) is 0 Å². The third kappa shape index (κ3) is 5.88. The van der Waals surface area contributed by atoms with E-state index in [2.05, 4.69) is 124 Å². The van der Waals surface area contributed by atoms with Crippen LogP contribution in [0, 0.1) is 0 Å². The Morgan fingerprint density at radius 1 is 0.583 bits per heavy atom. The largest absolute Gasteiger partial charge is 0.490 e. The molecule has 0 aliphatic rings. The highest BCUT2D eigenvalue weighted by Crippen LogP contribution is 2.42. The molecule has 36 heavy (non-hydrogen) atoms. The lowest BCUT2D eigenvalue weighted by Crippen LogP contribution is -2.19. The summed E-state index contributed by atoms with van der Waals surface area (Å²) in [6, 6.07) is 36.6. The standard InChI is InChI=1S/C34H38O2/c1-5-31(35)23-36-34-32(25(3)28-17-11-7-12-18-28)21-30(24(2)27-15-9-6-10-16-27)22-33(34)26(4)29-19-13-8-14-20-29/h6-22,24-26,31,35H,5,23H2,1-4H3. The van der Waals surface area contributed by atoms with Crippen LogP contribution in [0.5, 0.6) is 5.75 Å². The minimum absolute atomic E-state index is 0.143. The molecule has 4 aromatic rings. The molecule has 2 nitrogen and oxygen atoms in total. The first kappa shape index (κ1) is 25.7. The number of aliphatic hydroxyl groups excluding tert-OH is 1. The predicted octanol–water partition coefficient (Wildman–Crippen LogP) is 8.29. The minimum atomic E-state index is -0.493. The summed E-state index contributed by atoms with van der Waals surface area (Å²) in [5.41, 5.74) is 7.41. The normalized spacial score (nSPS) is 14.6. The van der Waals surface area contributed by atoms with Gasteiger partial charge in [-0.2, -0.15) is 0 Å². The molecule has 0 radical (unpaired) electrons. The molecule has 0 saturated carbocycles. The Hall–Kier alpha value is -3.36. The van der Waals surface area contributed by atoms with Gasteiger partial charge in [0.05, 0.1) is 6.10 Å². The van der Waals surface area contributed by atoms with E-state index >= 15 is 0 Å². The lowest BCUT2D eigenvalue weighted by Gasteiger charge is -2.27. The van der Waals surface area contributed by atoms with Crippen LogP contribution >= 0.6 is 0 Å². The Bertz CT molecular complexity index is 1150. The summed E-state index contributed by atoms with van der Waals surface area (Å²) >= 11 is 0. The van der Waals surface area contributed by atoms with Crippen LogP contribution in [-0.2, 0) is 0 Å². The average molecular weight is 479 g/mol. The van der Waals surface area contributed by atoms with E-state index in [1.807, 2.05) is 6.92 Å². The van der Waals surface area contributed by atoms with Crippen molar-refractivity contribution in [3.8, 4) is 5.75 Å². The predicted molar refractivity (Wildman–Crippen MR) is 150 cm³/mol. The van der Waals surface area contributed by atoms with Gasteiger partial charge in [-0.25, -0.2) is 0 Å². The van der Waals surface area contributed by atoms with Crippen molar-refractivity contribution >= 4 is 0 Å². The van der Waals surface area contributed by atoms with Gasteiger partial charge in [0.2, 0.25) is 0 Å². The molecule has 0 amide bonds. The molecule has 0 aliphatic heterocycles. The van der Waals surface area contributed by atoms with Crippen LogP contribution in [0.25, 0.3) is 0 Å². The second-order valence-electron chi connectivity index (χ2n) is 9.80. The molecule has 186 valence electrons. The van der Waals surface area contributed by atoms with Crippen molar-refractivity contribution < 1.29 is 9.84 Å². The lowest BCUT2D eigenvalue weighted by molar-refractivity contribution is 0.103. The van der Waals surface area contributed by atoms with Gasteiger partial charge in [0.25, 0.3) is 0 Å². The van der Waals surface area contributed by atoms with E-state index < -0.39 is 6.10 Å². The third-order valence-electron chi connectivity index (χ3n) is 7.39. The molecule has 4 aromatic carbocycles. The quantitative estimate of drug-likeness (QED) is 0.248. The van der Waals surface area contributed by atoms with Crippen molar-refractivity contribution in [3.05, 3.63) is 137 Å². The molecule has 4 rings (SSSR count). The van der Waals surface area contributed by atoms with Gasteiger partial charge in [-0.15, -0.1) is 0 Å². The average Bonchev–Trinajstić information content (AvgIpc) is 2.95. The van der Waals surface area contributed by atoms with E-state index in [1.165, 1.54) is 33.4 Å². The van der Waals surface area contributed by atoms with E-state index in [0.717, 1.165) is 5.75 Å². The number of ether oxygens (including phenoxy) is 1. The van der Waals surface area contributed by atoms with Gasteiger partial charge in [-0.1, -0.05) is 131 Å². The summed E-state index contributed by atoms with van der Waals surface area (Å²) in [6.45, 7) is 9.05. The Morgan fingerprint density at radius 2 is 0.972 bits per heavy atom. The molecule has 4 unspecified atom stereocenters. The smallest absolute Gasteiger partial charge is 0.127 e. The maximum absolute atomic E-state index is 10.4. The fourth-order valence-corrected chi connectivity index (χ4v) is 4.83. The molecule has 0 bridgehead atoms. The molecule has 0 aliphatic carbocycles. The van der Waals surface area contributed by atoms with Crippen molar-refractivity contribution in [3.63, 3.8) is 0 Å². The maximum atomic E-state index is 10.4. The van der Waals surface area contributed by atoms with E-state index in [4.69, 9.17) is 4.74 Å². The highest BCUT2D eigenvalue weighted by Gasteiger charge is 2.25. The van der Waals surface area contributed by atoms with E-state index in [9.17, 15) is 5.11 Å². The number of benzene rings is 4. The van der Waals surface area contributed by atoms with Crippen LogP contribution in [0.1, 0.15) is 85.3 Å². The van der Waals surface area contributed by atoms with Crippen LogP contribution < -0.4 is 4.74 Å². The zero-order chi connectivity index (χ0) is 25.5. The van der Waals surface area contributed by atoms with Gasteiger partial charge in [0, 0.05) is 28.9 Å². The van der Waals surface area contributed by atoms with Gasteiger partial charge in [-0.3, -0.25) is 0 Å². The molecule has 0 aromatic heterocycles. The van der Waals surface area contributed by atoms with Crippen LogP contribution in [-0.4, -0.2) is 17.8 Å².